The van der Waals surface area contributed by atoms with Crippen molar-refractivity contribution in [2.75, 3.05) is 13.7 Å². The van der Waals surface area contributed by atoms with Gasteiger partial charge in [0.1, 0.15) is 11.4 Å². The van der Waals surface area contributed by atoms with Crippen LogP contribution in [0.15, 0.2) is 48.8 Å². The molecule has 6 heteroatoms. The van der Waals surface area contributed by atoms with Gasteiger partial charge in [-0.05, 0) is 35.4 Å². The number of ether oxygens (including phenoxy) is 1. The molecule has 1 atom stereocenters. The molecule has 2 aromatic heterocycles. The Morgan fingerprint density at radius 3 is 3.08 bits per heavy atom. The van der Waals surface area contributed by atoms with Crippen LogP contribution in [0.1, 0.15) is 17.2 Å². The molecule has 6 nitrogen and oxygen atoms in total. The highest BCUT2D eigenvalue weighted by Crippen LogP contribution is 2.19. The van der Waals surface area contributed by atoms with Gasteiger partial charge in [-0.2, -0.15) is 0 Å². The predicted molar refractivity (Wildman–Crippen MR) is 90.8 cm³/mol. The quantitative estimate of drug-likeness (QED) is 0.646. The van der Waals surface area contributed by atoms with Crippen LogP contribution in [0.5, 0.6) is 5.75 Å². The van der Waals surface area contributed by atoms with E-state index in [1.165, 1.54) is 0 Å². The molecular formula is C18H19N3O3. The zero-order valence-electron chi connectivity index (χ0n) is 13.3. The van der Waals surface area contributed by atoms with Crippen molar-refractivity contribution in [3.05, 3.63) is 59.9 Å². The third-order valence-electron chi connectivity index (χ3n) is 3.86. The van der Waals surface area contributed by atoms with Gasteiger partial charge in [0.2, 0.25) is 5.91 Å². The number of aliphatic hydroxyl groups is 1. The minimum Gasteiger partial charge on any atom is -0.497 e. The molecule has 0 radical (unpaired) electrons. The number of nitrogens with zero attached hydrogens (tertiary/aromatic N) is 1. The van der Waals surface area contributed by atoms with Crippen LogP contribution in [0.25, 0.3) is 11.0 Å². The maximum absolute atomic E-state index is 12.1. The number of fused-ring (bicyclic) bond motifs is 1. The molecular weight excluding hydrogens is 306 g/mol. The zero-order chi connectivity index (χ0) is 16.9. The number of nitrogens with one attached hydrogen (secondary N) is 2. The smallest absolute Gasteiger partial charge is 0.224 e. The summed E-state index contributed by atoms with van der Waals surface area (Å²) >= 11 is 0. The van der Waals surface area contributed by atoms with Gasteiger partial charge in [-0.1, -0.05) is 12.1 Å². The first kappa shape index (κ1) is 16.0. The number of carbonyl (C=O) groups excluding carboxylic acids is 1. The van der Waals surface area contributed by atoms with Gasteiger partial charge in [0.25, 0.3) is 0 Å². The standard InChI is InChI=1S/C18H19N3O3/c1-24-14-5-2-4-12(8-14)16(22)11-20-17(23)9-13-10-21-18-15(13)6-3-7-19-18/h2-8,10,16,22H,9,11H2,1H3,(H,19,21)(H,20,23). The van der Waals surface area contributed by atoms with Crippen LogP contribution in [0.4, 0.5) is 0 Å². The van der Waals surface area contributed by atoms with Crippen LogP contribution in [0, 0.1) is 0 Å². The second kappa shape index (κ2) is 7.14. The van der Waals surface area contributed by atoms with Crippen molar-refractivity contribution in [3.8, 4) is 5.75 Å². The van der Waals surface area contributed by atoms with Gasteiger partial charge in [-0.3, -0.25) is 4.79 Å². The van der Waals surface area contributed by atoms with Gasteiger partial charge in [-0.15, -0.1) is 0 Å². The SMILES string of the molecule is COc1cccc(C(O)CNC(=O)Cc2c[nH]c3ncccc23)c1. The first-order valence-corrected chi connectivity index (χ1v) is 7.67. The number of rotatable bonds is 6. The summed E-state index contributed by atoms with van der Waals surface area (Å²) in [6.45, 7) is 0.145. The number of hydrogen-bond donors (Lipinski definition) is 3. The van der Waals surface area contributed by atoms with Crippen LogP contribution in [-0.4, -0.2) is 34.6 Å². The summed E-state index contributed by atoms with van der Waals surface area (Å²) in [5.41, 5.74) is 2.34. The Morgan fingerprint density at radius 2 is 2.25 bits per heavy atom. The number of aromatic nitrogens is 2. The summed E-state index contributed by atoms with van der Waals surface area (Å²) in [5, 5.41) is 13.9. The van der Waals surface area contributed by atoms with Crippen LogP contribution in [0.3, 0.4) is 0 Å². The summed E-state index contributed by atoms with van der Waals surface area (Å²) in [6, 6.07) is 10.9. The Labute approximate surface area is 139 Å². The molecule has 0 bridgehead atoms. The average molecular weight is 325 g/mol. The van der Waals surface area contributed by atoms with Crippen molar-refractivity contribution in [3.63, 3.8) is 0 Å². The van der Waals surface area contributed by atoms with E-state index in [-0.39, 0.29) is 18.9 Å². The van der Waals surface area contributed by atoms with Gasteiger partial charge in [0.15, 0.2) is 0 Å². The van der Waals surface area contributed by atoms with E-state index in [1.807, 2.05) is 12.1 Å². The van der Waals surface area contributed by atoms with Gasteiger partial charge < -0.3 is 20.1 Å². The number of methoxy groups -OCH3 is 1. The van der Waals surface area contributed by atoms with Crippen molar-refractivity contribution < 1.29 is 14.6 Å². The van der Waals surface area contributed by atoms with Gasteiger partial charge >= 0.3 is 0 Å². The first-order valence-electron chi connectivity index (χ1n) is 7.67. The number of amides is 1. The van der Waals surface area contributed by atoms with Crippen molar-refractivity contribution in [1.29, 1.82) is 0 Å². The lowest BCUT2D eigenvalue weighted by atomic mass is 10.1. The number of pyridine rings is 1. The zero-order valence-corrected chi connectivity index (χ0v) is 13.3. The molecule has 0 aliphatic heterocycles. The average Bonchev–Trinajstić information content (AvgIpc) is 3.03. The van der Waals surface area contributed by atoms with E-state index < -0.39 is 6.10 Å². The summed E-state index contributed by atoms with van der Waals surface area (Å²) in [5.74, 6) is 0.519. The minimum absolute atomic E-state index is 0.145. The summed E-state index contributed by atoms with van der Waals surface area (Å²) in [4.78, 5) is 19.4. The first-order chi connectivity index (χ1) is 11.7. The van der Waals surface area contributed by atoms with Crippen molar-refractivity contribution in [1.82, 2.24) is 15.3 Å². The van der Waals surface area contributed by atoms with E-state index in [0.717, 1.165) is 16.6 Å². The second-order valence-electron chi connectivity index (χ2n) is 5.49. The molecule has 3 aromatic rings. The molecule has 3 rings (SSSR count). The fraction of sp³-hybridized carbons (Fsp3) is 0.222. The fourth-order valence-electron chi connectivity index (χ4n) is 2.57. The van der Waals surface area contributed by atoms with E-state index in [0.29, 0.717) is 11.3 Å². The molecule has 0 fully saturated rings. The highest BCUT2D eigenvalue weighted by Gasteiger charge is 2.12. The van der Waals surface area contributed by atoms with Crippen molar-refractivity contribution in [2.24, 2.45) is 0 Å². The van der Waals surface area contributed by atoms with E-state index in [2.05, 4.69) is 15.3 Å². The normalized spacial score (nSPS) is 12.1. The Hall–Kier alpha value is -2.86. The van der Waals surface area contributed by atoms with Gasteiger partial charge in [0.05, 0.1) is 19.6 Å². The molecule has 0 saturated carbocycles. The number of carbonyl (C=O) groups is 1. The number of benzene rings is 1. The molecule has 124 valence electrons. The van der Waals surface area contributed by atoms with Gasteiger partial charge in [-0.25, -0.2) is 4.98 Å². The number of H-pyrrole nitrogens is 1. The molecule has 1 unspecified atom stereocenters. The summed E-state index contributed by atoms with van der Waals surface area (Å²) < 4.78 is 5.13. The largest absolute Gasteiger partial charge is 0.497 e. The highest BCUT2D eigenvalue weighted by atomic mass is 16.5. The molecule has 24 heavy (non-hydrogen) atoms. The summed E-state index contributed by atoms with van der Waals surface area (Å²) in [7, 11) is 1.57. The Balaban J connectivity index is 1.59. The molecule has 1 aromatic carbocycles. The van der Waals surface area contributed by atoms with Gasteiger partial charge in [0, 0.05) is 24.3 Å². The molecule has 3 N–H and O–H groups in total. The van der Waals surface area contributed by atoms with Crippen LogP contribution >= 0.6 is 0 Å². The van der Waals surface area contributed by atoms with Crippen LogP contribution < -0.4 is 10.1 Å². The van der Waals surface area contributed by atoms with Crippen LogP contribution in [-0.2, 0) is 11.2 Å². The third kappa shape index (κ3) is 3.55. The number of hydrogen-bond acceptors (Lipinski definition) is 4. The highest BCUT2D eigenvalue weighted by molar-refractivity contribution is 5.87. The lowest BCUT2D eigenvalue weighted by Crippen LogP contribution is -2.29. The predicted octanol–water partition coefficient (Wildman–Crippen LogP) is 1.96. The third-order valence-corrected chi connectivity index (χ3v) is 3.86. The van der Waals surface area contributed by atoms with E-state index >= 15 is 0 Å². The second-order valence-corrected chi connectivity index (χ2v) is 5.49. The number of aliphatic hydroxyl groups excluding tert-OH is 1. The maximum Gasteiger partial charge on any atom is 0.224 e. The topological polar surface area (TPSA) is 87.2 Å². The molecule has 1 amide bonds. The number of aromatic amines is 1. The molecule has 0 aliphatic carbocycles. The Morgan fingerprint density at radius 1 is 1.38 bits per heavy atom. The molecule has 0 saturated heterocycles. The molecule has 0 aliphatic rings. The lowest BCUT2D eigenvalue weighted by molar-refractivity contribution is -0.120. The van der Waals surface area contributed by atoms with Crippen LogP contribution in [0.2, 0.25) is 0 Å². The molecule has 2 heterocycles. The Kier molecular flexibility index (Phi) is 4.77. The summed E-state index contributed by atoms with van der Waals surface area (Å²) in [6.07, 6.45) is 2.94. The monoisotopic (exact) mass is 325 g/mol. The van der Waals surface area contributed by atoms with Crippen molar-refractivity contribution in [2.45, 2.75) is 12.5 Å². The van der Waals surface area contributed by atoms with Crippen molar-refractivity contribution >= 4 is 16.9 Å². The minimum atomic E-state index is -0.784. The van der Waals surface area contributed by atoms with E-state index in [4.69, 9.17) is 4.74 Å². The Bertz CT molecular complexity index is 844. The maximum atomic E-state index is 12.1. The molecule has 0 spiro atoms. The fourth-order valence-corrected chi connectivity index (χ4v) is 2.57. The van der Waals surface area contributed by atoms with E-state index in [1.54, 1.807) is 43.8 Å². The lowest BCUT2D eigenvalue weighted by Gasteiger charge is -2.13. The van der Waals surface area contributed by atoms with E-state index in [9.17, 15) is 9.90 Å².